The van der Waals surface area contributed by atoms with E-state index in [2.05, 4.69) is 20.8 Å². The van der Waals surface area contributed by atoms with E-state index in [-0.39, 0.29) is 0 Å². The molecule has 0 bridgehead atoms. The normalized spacial score (nSPS) is 18.7. The summed E-state index contributed by atoms with van der Waals surface area (Å²) in [6, 6.07) is 0. The second-order valence-electron chi connectivity index (χ2n) is 3.07. The molecule has 0 fully saturated rings. The topological polar surface area (TPSA) is 20.2 Å². The Labute approximate surface area is 60.4 Å². The van der Waals surface area contributed by atoms with Crippen LogP contribution in [0.4, 0.5) is 0 Å². The summed E-state index contributed by atoms with van der Waals surface area (Å²) in [5.74, 6) is 0. The second kappa shape index (κ2) is 4.07. The van der Waals surface area contributed by atoms with Crippen molar-refractivity contribution in [1.29, 1.82) is 0 Å². The molecule has 0 aromatic heterocycles. The van der Waals surface area contributed by atoms with Crippen LogP contribution >= 0.6 is 0 Å². The Bertz CT molecular complexity index is 69.3. The minimum atomic E-state index is -0.779. The monoisotopic (exact) mass is 146 g/mol. The molecule has 0 heterocycles. The van der Waals surface area contributed by atoms with Crippen molar-refractivity contribution in [2.24, 2.45) is 0 Å². The third kappa shape index (κ3) is 3.01. The van der Waals surface area contributed by atoms with Gasteiger partial charge in [-0.15, -0.1) is 0 Å². The molecule has 0 aromatic carbocycles. The van der Waals surface area contributed by atoms with Gasteiger partial charge in [0, 0.05) is 0 Å². The third-order valence-corrected chi connectivity index (χ3v) is 3.71. The summed E-state index contributed by atoms with van der Waals surface area (Å²) >= 11 is 0. The Morgan fingerprint density at radius 2 is 2.00 bits per heavy atom. The van der Waals surface area contributed by atoms with Crippen LogP contribution in [0.25, 0.3) is 0 Å². The van der Waals surface area contributed by atoms with Gasteiger partial charge in [0.25, 0.3) is 0 Å². The van der Waals surface area contributed by atoms with Gasteiger partial charge < -0.3 is 4.80 Å². The van der Waals surface area contributed by atoms with Crippen LogP contribution in [0.15, 0.2) is 0 Å². The van der Waals surface area contributed by atoms with Crippen LogP contribution in [-0.2, 0) is 0 Å². The molecule has 0 aliphatic rings. The van der Waals surface area contributed by atoms with Crippen molar-refractivity contribution in [3.05, 3.63) is 0 Å². The Kier molecular flexibility index (Phi) is 4.15. The minimum absolute atomic E-state index is 0.328. The van der Waals surface area contributed by atoms with Crippen molar-refractivity contribution in [2.45, 2.75) is 45.1 Å². The SMILES string of the molecule is CCCC(C)(CC)[SiH2]O. The first kappa shape index (κ1) is 9.18. The Balaban J connectivity index is 3.62. The molecule has 0 radical (unpaired) electrons. The van der Waals surface area contributed by atoms with E-state index < -0.39 is 9.76 Å². The fourth-order valence-corrected chi connectivity index (χ4v) is 1.71. The van der Waals surface area contributed by atoms with Gasteiger partial charge in [-0.1, -0.05) is 33.6 Å². The van der Waals surface area contributed by atoms with E-state index in [0.717, 1.165) is 6.42 Å². The number of rotatable bonds is 4. The van der Waals surface area contributed by atoms with Crippen molar-refractivity contribution in [3.8, 4) is 0 Å². The molecule has 9 heavy (non-hydrogen) atoms. The van der Waals surface area contributed by atoms with E-state index in [4.69, 9.17) is 4.80 Å². The minimum Gasteiger partial charge on any atom is -0.438 e. The molecule has 0 aliphatic heterocycles. The van der Waals surface area contributed by atoms with Crippen molar-refractivity contribution >= 4 is 9.76 Å². The highest BCUT2D eigenvalue weighted by molar-refractivity contribution is 6.30. The van der Waals surface area contributed by atoms with Gasteiger partial charge in [-0.25, -0.2) is 0 Å². The lowest BCUT2D eigenvalue weighted by molar-refractivity contribution is 0.459. The molecule has 0 aromatic rings. The number of hydrogen-bond donors (Lipinski definition) is 1. The van der Waals surface area contributed by atoms with Crippen LogP contribution < -0.4 is 0 Å². The number of hydrogen-bond acceptors (Lipinski definition) is 1. The Hall–Kier alpha value is 0.177. The van der Waals surface area contributed by atoms with Gasteiger partial charge in [-0.2, -0.15) is 0 Å². The van der Waals surface area contributed by atoms with Crippen molar-refractivity contribution in [1.82, 2.24) is 0 Å². The highest BCUT2D eigenvalue weighted by Crippen LogP contribution is 2.32. The lowest BCUT2D eigenvalue weighted by atomic mass is 10.0. The van der Waals surface area contributed by atoms with E-state index in [1.165, 1.54) is 12.8 Å². The quantitative estimate of drug-likeness (QED) is 0.595. The molecule has 1 unspecified atom stereocenters. The molecule has 1 N–H and O–H groups in total. The summed E-state index contributed by atoms with van der Waals surface area (Å²) in [4.78, 5) is 9.06. The summed E-state index contributed by atoms with van der Waals surface area (Å²) < 4.78 is 0. The third-order valence-electron chi connectivity index (χ3n) is 2.09. The van der Waals surface area contributed by atoms with Crippen molar-refractivity contribution in [2.75, 3.05) is 0 Å². The molecule has 1 nitrogen and oxygen atoms in total. The zero-order valence-electron chi connectivity index (χ0n) is 6.78. The van der Waals surface area contributed by atoms with E-state index in [1.807, 2.05) is 0 Å². The van der Waals surface area contributed by atoms with E-state index >= 15 is 0 Å². The van der Waals surface area contributed by atoms with Gasteiger partial charge in [-0.3, -0.25) is 0 Å². The van der Waals surface area contributed by atoms with E-state index in [0.29, 0.717) is 5.04 Å². The van der Waals surface area contributed by atoms with Gasteiger partial charge in [0.1, 0.15) is 0 Å². The predicted octanol–water partition coefficient (Wildman–Crippen LogP) is 1.45. The summed E-state index contributed by atoms with van der Waals surface area (Å²) in [5.41, 5.74) is 0. The van der Waals surface area contributed by atoms with Crippen LogP contribution in [-0.4, -0.2) is 14.6 Å². The van der Waals surface area contributed by atoms with Crippen LogP contribution in [0.1, 0.15) is 40.0 Å². The summed E-state index contributed by atoms with van der Waals surface area (Å²) in [6.07, 6.45) is 3.55. The molecule has 1 atom stereocenters. The second-order valence-corrected chi connectivity index (χ2v) is 5.10. The fourth-order valence-electron chi connectivity index (χ4n) is 0.971. The highest BCUT2D eigenvalue weighted by atomic mass is 28.2. The highest BCUT2D eigenvalue weighted by Gasteiger charge is 2.19. The first-order chi connectivity index (χ1) is 4.18. The Morgan fingerprint density at radius 1 is 1.44 bits per heavy atom. The molecule has 0 aliphatic carbocycles. The lowest BCUT2D eigenvalue weighted by Gasteiger charge is -2.23. The molecule has 56 valence electrons. The zero-order valence-corrected chi connectivity index (χ0v) is 8.19. The summed E-state index contributed by atoms with van der Waals surface area (Å²) in [6.45, 7) is 6.54. The molecule has 0 spiro atoms. The summed E-state index contributed by atoms with van der Waals surface area (Å²) in [7, 11) is -0.779. The molecule has 0 saturated carbocycles. The average molecular weight is 146 g/mol. The maximum atomic E-state index is 9.06. The Morgan fingerprint density at radius 3 is 2.11 bits per heavy atom. The first-order valence-electron chi connectivity index (χ1n) is 3.79. The van der Waals surface area contributed by atoms with Crippen LogP contribution in [0, 0.1) is 0 Å². The van der Waals surface area contributed by atoms with Gasteiger partial charge in [0.05, 0.1) is 0 Å². The first-order valence-corrected chi connectivity index (χ1v) is 5.13. The van der Waals surface area contributed by atoms with Gasteiger partial charge in [0.15, 0.2) is 9.76 Å². The van der Waals surface area contributed by atoms with Crippen LogP contribution in [0.3, 0.4) is 0 Å². The van der Waals surface area contributed by atoms with Crippen LogP contribution in [0.5, 0.6) is 0 Å². The van der Waals surface area contributed by atoms with E-state index in [9.17, 15) is 0 Å². The standard InChI is InChI=1S/C7H18OSi/c1-4-6-7(3,5-2)9-8/h8H,4-6,9H2,1-3H3. The summed E-state index contributed by atoms with van der Waals surface area (Å²) in [5, 5.41) is 0.328. The largest absolute Gasteiger partial charge is 0.438 e. The van der Waals surface area contributed by atoms with Crippen LogP contribution in [0.2, 0.25) is 5.04 Å². The maximum Gasteiger partial charge on any atom is 0.162 e. The molecule has 0 amide bonds. The molecule has 0 rings (SSSR count). The zero-order chi connectivity index (χ0) is 7.33. The van der Waals surface area contributed by atoms with E-state index in [1.54, 1.807) is 0 Å². The predicted molar refractivity (Wildman–Crippen MR) is 44.3 cm³/mol. The molecule has 0 saturated heterocycles. The molecular formula is C7H18OSi. The smallest absolute Gasteiger partial charge is 0.162 e. The molecule has 2 heteroatoms. The fraction of sp³-hybridized carbons (Fsp3) is 1.00. The van der Waals surface area contributed by atoms with Crippen molar-refractivity contribution in [3.63, 3.8) is 0 Å². The van der Waals surface area contributed by atoms with Gasteiger partial charge >= 0.3 is 0 Å². The van der Waals surface area contributed by atoms with Gasteiger partial charge in [0.2, 0.25) is 0 Å². The van der Waals surface area contributed by atoms with Crippen molar-refractivity contribution < 1.29 is 4.80 Å². The van der Waals surface area contributed by atoms with Gasteiger partial charge in [-0.05, 0) is 11.5 Å². The molecular weight excluding hydrogens is 128 g/mol. The average Bonchev–Trinajstić information content (AvgIpc) is 1.89. The lowest BCUT2D eigenvalue weighted by Crippen LogP contribution is -2.15. The maximum absolute atomic E-state index is 9.06.